The fourth-order valence-electron chi connectivity index (χ4n) is 1.90. The van der Waals surface area contributed by atoms with E-state index in [1.165, 1.54) is 0 Å². The molecular formula is C10H19F2NO. The molecule has 0 bridgehead atoms. The minimum atomic E-state index is -2.52. The molecule has 1 aliphatic rings. The maximum absolute atomic E-state index is 12.9. The summed E-state index contributed by atoms with van der Waals surface area (Å²) >= 11 is 0. The van der Waals surface area contributed by atoms with E-state index in [2.05, 4.69) is 0 Å². The smallest absolute Gasteiger partial charge is 0.248 e. The second-order valence-corrected chi connectivity index (χ2v) is 4.19. The van der Waals surface area contributed by atoms with Crippen molar-refractivity contribution in [2.75, 3.05) is 6.61 Å². The third kappa shape index (κ3) is 2.64. The summed E-state index contributed by atoms with van der Waals surface area (Å²) in [7, 11) is 0. The van der Waals surface area contributed by atoms with Gasteiger partial charge in [-0.25, -0.2) is 8.78 Å². The largest absolute Gasteiger partial charge is 0.377 e. The van der Waals surface area contributed by atoms with Crippen LogP contribution >= 0.6 is 0 Å². The van der Waals surface area contributed by atoms with Gasteiger partial charge in [0, 0.05) is 25.0 Å². The Morgan fingerprint density at radius 2 is 1.79 bits per heavy atom. The maximum atomic E-state index is 12.9. The van der Waals surface area contributed by atoms with Gasteiger partial charge in [0.25, 0.3) is 0 Å². The lowest BCUT2D eigenvalue weighted by Gasteiger charge is -2.40. The molecule has 0 aromatic carbocycles. The standard InChI is InChI=1S/C10H19F2NO/c1-3-14-8(2)9(13)4-6-10(11,12)7-5-9/h8H,3-7,13H2,1-2H3. The molecule has 1 aliphatic carbocycles. The van der Waals surface area contributed by atoms with Gasteiger partial charge in [0.1, 0.15) is 0 Å². The zero-order chi connectivity index (χ0) is 10.8. The summed E-state index contributed by atoms with van der Waals surface area (Å²) in [4.78, 5) is 0. The lowest BCUT2D eigenvalue weighted by atomic mass is 9.77. The Labute approximate surface area is 83.8 Å². The van der Waals surface area contributed by atoms with Gasteiger partial charge in [0.2, 0.25) is 5.92 Å². The molecule has 0 radical (unpaired) electrons. The zero-order valence-electron chi connectivity index (χ0n) is 8.85. The van der Waals surface area contributed by atoms with Crippen LogP contribution in [0.5, 0.6) is 0 Å². The quantitative estimate of drug-likeness (QED) is 0.770. The van der Waals surface area contributed by atoms with Crippen molar-refractivity contribution in [1.29, 1.82) is 0 Å². The van der Waals surface area contributed by atoms with E-state index in [1.54, 1.807) is 0 Å². The van der Waals surface area contributed by atoms with Gasteiger partial charge in [-0.3, -0.25) is 0 Å². The van der Waals surface area contributed by atoms with E-state index in [9.17, 15) is 8.78 Å². The molecule has 0 heterocycles. The van der Waals surface area contributed by atoms with Crippen LogP contribution in [0.15, 0.2) is 0 Å². The molecule has 1 atom stereocenters. The summed E-state index contributed by atoms with van der Waals surface area (Å²) in [6.07, 6.45) is 0.341. The van der Waals surface area contributed by atoms with Crippen LogP contribution in [0.1, 0.15) is 39.5 Å². The second kappa shape index (κ2) is 4.11. The van der Waals surface area contributed by atoms with E-state index >= 15 is 0 Å². The fraction of sp³-hybridized carbons (Fsp3) is 1.00. The van der Waals surface area contributed by atoms with Gasteiger partial charge in [-0.1, -0.05) is 0 Å². The first-order valence-corrected chi connectivity index (χ1v) is 5.18. The van der Waals surface area contributed by atoms with Gasteiger partial charge < -0.3 is 10.5 Å². The average Bonchev–Trinajstić information content (AvgIpc) is 2.11. The fourth-order valence-corrected chi connectivity index (χ4v) is 1.90. The molecule has 0 saturated heterocycles. The summed E-state index contributed by atoms with van der Waals surface area (Å²) in [6.45, 7) is 4.33. The first kappa shape index (κ1) is 11.9. The molecule has 2 N–H and O–H groups in total. The number of nitrogens with two attached hydrogens (primary N) is 1. The minimum absolute atomic E-state index is 0.110. The van der Waals surface area contributed by atoms with Crippen LogP contribution in [0.25, 0.3) is 0 Å². The van der Waals surface area contributed by atoms with Crippen molar-refractivity contribution < 1.29 is 13.5 Å². The van der Waals surface area contributed by atoms with Crippen molar-refractivity contribution in [3.05, 3.63) is 0 Å². The third-order valence-corrected chi connectivity index (χ3v) is 3.14. The predicted molar refractivity (Wildman–Crippen MR) is 51.4 cm³/mol. The van der Waals surface area contributed by atoms with Gasteiger partial charge in [0.05, 0.1) is 6.10 Å². The normalized spacial score (nSPS) is 27.2. The topological polar surface area (TPSA) is 35.2 Å². The van der Waals surface area contributed by atoms with Crippen molar-refractivity contribution in [3.8, 4) is 0 Å². The van der Waals surface area contributed by atoms with Crippen LogP contribution < -0.4 is 5.73 Å². The number of ether oxygens (including phenoxy) is 1. The lowest BCUT2D eigenvalue weighted by molar-refractivity contribution is -0.0791. The summed E-state index contributed by atoms with van der Waals surface area (Å²) in [6, 6.07) is 0. The molecule has 1 fully saturated rings. The zero-order valence-corrected chi connectivity index (χ0v) is 8.85. The average molecular weight is 207 g/mol. The van der Waals surface area contributed by atoms with Crippen molar-refractivity contribution >= 4 is 0 Å². The summed E-state index contributed by atoms with van der Waals surface area (Å²) < 4.78 is 31.2. The highest BCUT2D eigenvalue weighted by molar-refractivity contribution is 4.96. The molecule has 14 heavy (non-hydrogen) atoms. The van der Waals surface area contributed by atoms with Gasteiger partial charge >= 0.3 is 0 Å². The molecule has 2 nitrogen and oxygen atoms in total. The molecular weight excluding hydrogens is 188 g/mol. The van der Waals surface area contributed by atoms with Gasteiger partial charge in [-0.2, -0.15) is 0 Å². The van der Waals surface area contributed by atoms with E-state index in [4.69, 9.17) is 10.5 Å². The number of alkyl halides is 2. The Morgan fingerprint density at radius 1 is 1.29 bits per heavy atom. The summed E-state index contributed by atoms with van der Waals surface area (Å²) in [5.41, 5.74) is 5.49. The molecule has 1 saturated carbocycles. The van der Waals surface area contributed by atoms with Crippen molar-refractivity contribution in [1.82, 2.24) is 0 Å². The molecule has 0 aromatic heterocycles. The summed E-state index contributed by atoms with van der Waals surface area (Å²) in [5, 5.41) is 0. The molecule has 0 spiro atoms. The second-order valence-electron chi connectivity index (χ2n) is 4.19. The van der Waals surface area contributed by atoms with Crippen LogP contribution in [0, 0.1) is 0 Å². The van der Waals surface area contributed by atoms with E-state index in [1.807, 2.05) is 13.8 Å². The number of rotatable bonds is 3. The Kier molecular flexibility index (Phi) is 3.48. The molecule has 4 heteroatoms. The van der Waals surface area contributed by atoms with Crippen LogP contribution in [-0.4, -0.2) is 24.2 Å². The molecule has 0 aromatic rings. The van der Waals surface area contributed by atoms with Crippen molar-refractivity contribution in [2.45, 2.75) is 57.1 Å². The highest BCUT2D eigenvalue weighted by Gasteiger charge is 2.44. The Morgan fingerprint density at radius 3 is 2.21 bits per heavy atom. The predicted octanol–water partition coefficient (Wildman–Crippen LogP) is 2.32. The maximum Gasteiger partial charge on any atom is 0.248 e. The van der Waals surface area contributed by atoms with Crippen molar-refractivity contribution in [2.24, 2.45) is 5.73 Å². The van der Waals surface area contributed by atoms with Crippen LogP contribution in [-0.2, 0) is 4.74 Å². The van der Waals surface area contributed by atoms with Crippen molar-refractivity contribution in [3.63, 3.8) is 0 Å². The Hall–Kier alpha value is -0.220. The Balaban J connectivity index is 2.52. The molecule has 0 amide bonds. The Bertz CT molecular complexity index is 187. The molecule has 84 valence electrons. The molecule has 0 aliphatic heterocycles. The highest BCUT2D eigenvalue weighted by Crippen LogP contribution is 2.39. The molecule has 1 rings (SSSR count). The van der Waals surface area contributed by atoms with Gasteiger partial charge in [-0.15, -0.1) is 0 Å². The number of hydrogen-bond acceptors (Lipinski definition) is 2. The monoisotopic (exact) mass is 207 g/mol. The van der Waals surface area contributed by atoms with Gasteiger partial charge in [-0.05, 0) is 26.7 Å². The van der Waals surface area contributed by atoms with Crippen LogP contribution in [0.4, 0.5) is 8.78 Å². The van der Waals surface area contributed by atoms with E-state index < -0.39 is 11.5 Å². The third-order valence-electron chi connectivity index (χ3n) is 3.14. The number of hydrogen-bond donors (Lipinski definition) is 1. The minimum Gasteiger partial charge on any atom is -0.377 e. The van der Waals surface area contributed by atoms with E-state index in [0.717, 1.165) is 0 Å². The number of halogens is 2. The van der Waals surface area contributed by atoms with Crippen LogP contribution in [0.3, 0.4) is 0 Å². The van der Waals surface area contributed by atoms with E-state index in [-0.39, 0.29) is 18.9 Å². The first-order chi connectivity index (χ1) is 6.40. The SMILES string of the molecule is CCOC(C)C1(N)CCC(F)(F)CC1. The van der Waals surface area contributed by atoms with E-state index in [0.29, 0.717) is 19.4 Å². The first-order valence-electron chi connectivity index (χ1n) is 5.18. The van der Waals surface area contributed by atoms with Gasteiger partial charge in [0.15, 0.2) is 0 Å². The lowest BCUT2D eigenvalue weighted by Crippen LogP contribution is -2.54. The highest BCUT2D eigenvalue weighted by atomic mass is 19.3. The molecule has 1 unspecified atom stereocenters. The summed E-state index contributed by atoms with van der Waals surface area (Å²) in [5.74, 6) is -2.52. The van der Waals surface area contributed by atoms with Crippen LogP contribution in [0.2, 0.25) is 0 Å².